The van der Waals surface area contributed by atoms with Gasteiger partial charge in [0.15, 0.2) is 0 Å². The van der Waals surface area contributed by atoms with Gasteiger partial charge in [0, 0.05) is 18.4 Å². The minimum atomic E-state index is 0.920. The van der Waals surface area contributed by atoms with Crippen molar-refractivity contribution in [2.24, 2.45) is 11.8 Å². The summed E-state index contributed by atoms with van der Waals surface area (Å²) in [5, 5.41) is 0. The molecule has 0 bridgehead atoms. The third-order valence-corrected chi connectivity index (χ3v) is 5.17. The van der Waals surface area contributed by atoms with E-state index in [-0.39, 0.29) is 0 Å². The Hall–Kier alpha value is -0.830. The molecule has 3 heteroatoms. The summed E-state index contributed by atoms with van der Waals surface area (Å²) in [6.07, 6.45) is 7.39. The van der Waals surface area contributed by atoms with Gasteiger partial charge in [-0.25, -0.2) is 0 Å². The summed E-state index contributed by atoms with van der Waals surface area (Å²) in [4.78, 5) is 4.50. The van der Waals surface area contributed by atoms with Gasteiger partial charge >= 0.3 is 0 Å². The molecule has 1 fully saturated rings. The summed E-state index contributed by atoms with van der Waals surface area (Å²) in [7, 11) is 0. The number of nitrogens with zero attached hydrogens (tertiary/aromatic N) is 2. The number of hydrogen-bond donors (Lipinski definition) is 0. The average Bonchev–Trinajstić information content (AvgIpc) is 3.18. The van der Waals surface area contributed by atoms with Crippen LogP contribution in [-0.4, -0.2) is 9.55 Å². The first-order valence-corrected chi connectivity index (χ1v) is 7.25. The van der Waals surface area contributed by atoms with Crippen LogP contribution in [-0.2, 0) is 13.0 Å². The summed E-state index contributed by atoms with van der Waals surface area (Å²) in [5.41, 5.74) is 3.91. The molecule has 1 atom stereocenters. The lowest BCUT2D eigenvalue weighted by Crippen LogP contribution is -2.20. The van der Waals surface area contributed by atoms with Gasteiger partial charge in [-0.3, -0.25) is 4.98 Å². The molecule has 0 radical (unpaired) electrons. The van der Waals surface area contributed by atoms with E-state index in [0.717, 1.165) is 17.4 Å². The van der Waals surface area contributed by atoms with Gasteiger partial charge in [0.1, 0.15) is 5.52 Å². The van der Waals surface area contributed by atoms with E-state index >= 15 is 0 Å². The van der Waals surface area contributed by atoms with Crippen LogP contribution in [0.5, 0.6) is 0 Å². The molecular weight excluding hydrogens is 276 g/mol. The van der Waals surface area contributed by atoms with Crippen molar-refractivity contribution in [3.05, 3.63) is 28.5 Å². The highest BCUT2D eigenvalue weighted by Gasteiger charge is 2.35. The lowest BCUT2D eigenvalue weighted by atomic mass is 9.91. The number of pyridine rings is 1. The van der Waals surface area contributed by atoms with Gasteiger partial charge in [-0.05, 0) is 65.6 Å². The predicted octanol–water partition coefficient (Wildman–Crippen LogP) is 3.77. The van der Waals surface area contributed by atoms with Crippen molar-refractivity contribution in [3.63, 3.8) is 0 Å². The van der Waals surface area contributed by atoms with Gasteiger partial charge in [0.05, 0.1) is 9.99 Å². The van der Waals surface area contributed by atoms with Gasteiger partial charge in [0.25, 0.3) is 0 Å². The minimum absolute atomic E-state index is 0.920. The Labute approximate surface area is 109 Å². The topological polar surface area (TPSA) is 17.8 Å². The van der Waals surface area contributed by atoms with Crippen LogP contribution in [0.25, 0.3) is 11.0 Å². The number of fused-ring (bicyclic) bond motifs is 3. The maximum Gasteiger partial charge on any atom is 0.103 e. The second-order valence-corrected chi connectivity index (χ2v) is 6.17. The Morgan fingerprint density at radius 2 is 2.12 bits per heavy atom. The fraction of sp³-hybridized carbons (Fsp3) is 0.500. The van der Waals surface area contributed by atoms with Gasteiger partial charge in [-0.2, -0.15) is 0 Å². The summed E-state index contributed by atoms with van der Waals surface area (Å²) in [6, 6.07) is 4.23. The monoisotopic (exact) mass is 290 g/mol. The van der Waals surface area contributed by atoms with Crippen LogP contribution in [0.2, 0.25) is 0 Å². The van der Waals surface area contributed by atoms with Gasteiger partial charge in [0.2, 0.25) is 0 Å². The number of rotatable bonds is 1. The van der Waals surface area contributed by atoms with Crippen molar-refractivity contribution in [1.82, 2.24) is 9.55 Å². The largest absolute Gasteiger partial charge is 0.342 e. The molecule has 0 aromatic carbocycles. The van der Waals surface area contributed by atoms with Crippen LogP contribution in [0.4, 0.5) is 0 Å². The van der Waals surface area contributed by atoms with Crippen LogP contribution >= 0.6 is 15.9 Å². The molecule has 1 aliphatic heterocycles. The molecule has 17 heavy (non-hydrogen) atoms. The van der Waals surface area contributed by atoms with Crippen LogP contribution < -0.4 is 0 Å². The first-order chi connectivity index (χ1) is 8.34. The molecule has 2 aromatic heterocycles. The van der Waals surface area contributed by atoms with Gasteiger partial charge in [-0.1, -0.05) is 0 Å². The molecule has 0 amide bonds. The third-order valence-electron chi connectivity index (χ3n) is 4.33. The molecule has 0 N–H and O–H groups in total. The number of aromatic nitrogens is 2. The Morgan fingerprint density at radius 1 is 1.24 bits per heavy atom. The third kappa shape index (κ3) is 1.48. The summed E-state index contributed by atoms with van der Waals surface area (Å²) >= 11 is 3.75. The molecule has 4 rings (SSSR count). The van der Waals surface area contributed by atoms with E-state index in [1.54, 1.807) is 0 Å². The Bertz CT molecular complexity index is 583. The molecular formula is C14H15BrN2. The highest BCUT2D eigenvalue weighted by Crippen LogP contribution is 2.44. The first kappa shape index (κ1) is 10.1. The fourth-order valence-electron chi connectivity index (χ4n) is 3.25. The molecule has 3 heterocycles. The van der Waals surface area contributed by atoms with Crippen LogP contribution in [0.1, 0.15) is 25.0 Å². The van der Waals surface area contributed by atoms with Crippen molar-refractivity contribution in [1.29, 1.82) is 0 Å². The van der Waals surface area contributed by atoms with Crippen molar-refractivity contribution >= 4 is 27.0 Å². The Morgan fingerprint density at radius 3 is 2.94 bits per heavy atom. The molecule has 1 aliphatic carbocycles. The Kier molecular flexibility index (Phi) is 2.13. The molecule has 0 spiro atoms. The van der Waals surface area contributed by atoms with E-state index in [0.29, 0.717) is 0 Å². The van der Waals surface area contributed by atoms with Crippen molar-refractivity contribution in [2.45, 2.75) is 32.2 Å². The lowest BCUT2D eigenvalue weighted by molar-refractivity contribution is 0.354. The molecule has 1 unspecified atom stereocenters. The zero-order chi connectivity index (χ0) is 11.4. The minimum Gasteiger partial charge on any atom is -0.342 e. The van der Waals surface area contributed by atoms with Crippen LogP contribution in [0.3, 0.4) is 0 Å². The second-order valence-electron chi connectivity index (χ2n) is 5.37. The van der Waals surface area contributed by atoms with Gasteiger partial charge in [-0.15, -0.1) is 0 Å². The number of halogens is 1. The maximum absolute atomic E-state index is 4.50. The lowest BCUT2D eigenvalue weighted by Gasteiger charge is -2.25. The number of hydrogen-bond acceptors (Lipinski definition) is 1. The van der Waals surface area contributed by atoms with E-state index in [1.165, 1.54) is 47.9 Å². The van der Waals surface area contributed by atoms with E-state index in [9.17, 15) is 0 Å². The average molecular weight is 291 g/mol. The maximum atomic E-state index is 4.50. The van der Waals surface area contributed by atoms with Crippen LogP contribution in [0.15, 0.2) is 22.8 Å². The van der Waals surface area contributed by atoms with Crippen LogP contribution in [0, 0.1) is 11.8 Å². The zero-order valence-electron chi connectivity index (χ0n) is 9.69. The highest BCUT2D eigenvalue weighted by molar-refractivity contribution is 9.10. The fourth-order valence-corrected chi connectivity index (χ4v) is 3.94. The molecule has 2 nitrogen and oxygen atoms in total. The van der Waals surface area contributed by atoms with Crippen molar-refractivity contribution in [3.8, 4) is 0 Å². The molecule has 2 aromatic rings. The highest BCUT2D eigenvalue weighted by atomic mass is 79.9. The summed E-state index contributed by atoms with van der Waals surface area (Å²) in [5.74, 6) is 1.93. The standard InChI is InChI=1S/C14H15BrN2/c15-13-12-8-10(9-3-4-9)5-7-17(12)11-2-1-6-16-14(11)13/h1-2,6,9-10H,3-5,7-8H2. The zero-order valence-corrected chi connectivity index (χ0v) is 11.3. The molecule has 88 valence electrons. The van der Waals surface area contributed by atoms with E-state index < -0.39 is 0 Å². The normalized spacial score (nSPS) is 23.9. The smallest absolute Gasteiger partial charge is 0.103 e. The summed E-state index contributed by atoms with van der Waals surface area (Å²) in [6.45, 7) is 1.17. The van der Waals surface area contributed by atoms with Crippen molar-refractivity contribution in [2.75, 3.05) is 0 Å². The summed E-state index contributed by atoms with van der Waals surface area (Å²) < 4.78 is 3.70. The predicted molar refractivity (Wildman–Crippen MR) is 72.0 cm³/mol. The second kappa shape index (κ2) is 3.58. The number of aryl methyl sites for hydroxylation is 1. The first-order valence-electron chi connectivity index (χ1n) is 6.46. The SMILES string of the molecule is Brc1c2n(c3cccnc13)CCC(C1CC1)C2. The van der Waals surface area contributed by atoms with E-state index in [2.05, 4.69) is 31.5 Å². The molecule has 0 saturated heterocycles. The molecule has 2 aliphatic rings. The molecule has 1 saturated carbocycles. The van der Waals surface area contributed by atoms with Gasteiger partial charge < -0.3 is 4.57 Å². The van der Waals surface area contributed by atoms with Crippen molar-refractivity contribution < 1.29 is 0 Å². The van der Waals surface area contributed by atoms with E-state index in [1.807, 2.05) is 12.3 Å². The quantitative estimate of drug-likeness (QED) is 0.782. The Balaban J connectivity index is 1.86. The van der Waals surface area contributed by atoms with E-state index in [4.69, 9.17) is 0 Å².